The Balaban J connectivity index is 2.15. The van der Waals surface area contributed by atoms with Crippen molar-refractivity contribution in [2.24, 2.45) is 7.05 Å². The molecule has 18 heavy (non-hydrogen) atoms. The standard InChI is InChI=1S/C15H14NOS/c1-16-13-5-3-4-6-14(13)18-15(16)11-7-9-12(17-2)10-8-11/h3-10H,1-2H3/q+1. The third-order valence-corrected chi connectivity index (χ3v) is 4.34. The number of benzene rings is 2. The van der Waals surface area contributed by atoms with E-state index in [1.807, 2.05) is 23.5 Å². The molecule has 1 heterocycles. The molecule has 2 aromatic carbocycles. The summed E-state index contributed by atoms with van der Waals surface area (Å²) in [4.78, 5) is 0. The van der Waals surface area contributed by atoms with Crippen molar-refractivity contribution in [3.63, 3.8) is 0 Å². The first kappa shape index (κ1) is 11.2. The quantitative estimate of drug-likeness (QED) is 0.640. The molecule has 0 spiro atoms. The van der Waals surface area contributed by atoms with Gasteiger partial charge in [0.05, 0.1) is 12.7 Å². The first-order valence-electron chi connectivity index (χ1n) is 5.81. The fourth-order valence-electron chi connectivity index (χ4n) is 2.09. The van der Waals surface area contributed by atoms with Crippen molar-refractivity contribution in [1.82, 2.24) is 0 Å². The summed E-state index contributed by atoms with van der Waals surface area (Å²) in [6.07, 6.45) is 0. The van der Waals surface area contributed by atoms with Crippen LogP contribution in [0.3, 0.4) is 0 Å². The molecule has 3 aromatic rings. The first-order valence-corrected chi connectivity index (χ1v) is 6.63. The van der Waals surface area contributed by atoms with Crippen molar-refractivity contribution in [3.8, 4) is 16.3 Å². The van der Waals surface area contributed by atoms with Crippen molar-refractivity contribution in [2.75, 3.05) is 7.11 Å². The lowest BCUT2D eigenvalue weighted by atomic mass is 10.2. The van der Waals surface area contributed by atoms with Gasteiger partial charge in [0, 0.05) is 6.07 Å². The molecular formula is C15H14NOS+. The second-order valence-corrected chi connectivity index (χ2v) is 5.19. The van der Waals surface area contributed by atoms with Crippen molar-refractivity contribution in [2.45, 2.75) is 0 Å². The number of para-hydroxylation sites is 1. The molecule has 2 nitrogen and oxygen atoms in total. The average Bonchev–Trinajstić information content (AvgIpc) is 2.77. The zero-order chi connectivity index (χ0) is 12.5. The van der Waals surface area contributed by atoms with E-state index in [2.05, 4.69) is 48.0 Å². The van der Waals surface area contributed by atoms with E-state index in [4.69, 9.17) is 4.74 Å². The summed E-state index contributed by atoms with van der Waals surface area (Å²) in [5.74, 6) is 0.891. The molecule has 0 atom stereocenters. The molecule has 0 aliphatic heterocycles. The van der Waals surface area contributed by atoms with E-state index < -0.39 is 0 Å². The summed E-state index contributed by atoms with van der Waals surface area (Å²) in [5.41, 5.74) is 2.49. The molecule has 3 rings (SSSR count). The van der Waals surface area contributed by atoms with Crippen LogP contribution in [-0.4, -0.2) is 7.11 Å². The Kier molecular flexibility index (Phi) is 2.76. The highest BCUT2D eigenvalue weighted by Crippen LogP contribution is 2.28. The van der Waals surface area contributed by atoms with Crippen LogP contribution in [0.15, 0.2) is 48.5 Å². The van der Waals surface area contributed by atoms with Gasteiger partial charge in [0.1, 0.15) is 17.5 Å². The SMILES string of the molecule is COc1ccc(-c2sc3ccccc3[n+]2C)cc1. The summed E-state index contributed by atoms with van der Waals surface area (Å²) in [6.45, 7) is 0. The summed E-state index contributed by atoms with van der Waals surface area (Å²) in [7, 11) is 3.80. The second kappa shape index (κ2) is 4.42. The molecule has 0 fully saturated rings. The minimum absolute atomic E-state index is 0.891. The normalized spacial score (nSPS) is 10.8. The highest BCUT2D eigenvalue weighted by atomic mass is 32.1. The Morgan fingerprint density at radius 1 is 1.00 bits per heavy atom. The van der Waals surface area contributed by atoms with Gasteiger partial charge < -0.3 is 4.74 Å². The van der Waals surface area contributed by atoms with Gasteiger partial charge in [-0.1, -0.05) is 23.5 Å². The third-order valence-electron chi connectivity index (χ3n) is 3.07. The Morgan fingerprint density at radius 2 is 1.72 bits per heavy atom. The topological polar surface area (TPSA) is 13.1 Å². The van der Waals surface area contributed by atoms with Gasteiger partial charge in [-0.05, 0) is 30.3 Å². The Bertz CT molecular complexity index is 685. The minimum Gasteiger partial charge on any atom is -0.497 e. The molecule has 0 radical (unpaired) electrons. The van der Waals surface area contributed by atoms with Crippen LogP contribution in [0.25, 0.3) is 20.8 Å². The smallest absolute Gasteiger partial charge is 0.269 e. The number of hydrogen-bond donors (Lipinski definition) is 0. The molecule has 3 heteroatoms. The molecular weight excluding hydrogens is 242 g/mol. The molecule has 0 N–H and O–H groups in total. The van der Waals surface area contributed by atoms with E-state index in [0.29, 0.717) is 0 Å². The van der Waals surface area contributed by atoms with Crippen LogP contribution < -0.4 is 9.30 Å². The Hall–Kier alpha value is -1.87. The number of methoxy groups -OCH3 is 1. The van der Waals surface area contributed by atoms with E-state index in [1.165, 1.54) is 20.8 Å². The minimum atomic E-state index is 0.891. The van der Waals surface area contributed by atoms with Crippen molar-refractivity contribution < 1.29 is 9.30 Å². The summed E-state index contributed by atoms with van der Waals surface area (Å²) < 4.78 is 8.74. The lowest BCUT2D eigenvalue weighted by molar-refractivity contribution is -0.629. The highest BCUT2D eigenvalue weighted by Gasteiger charge is 2.17. The number of aryl methyl sites for hydroxylation is 1. The molecule has 0 amide bonds. The maximum Gasteiger partial charge on any atom is 0.269 e. The highest BCUT2D eigenvalue weighted by molar-refractivity contribution is 7.21. The predicted molar refractivity (Wildman–Crippen MR) is 75.0 cm³/mol. The maximum atomic E-state index is 5.19. The van der Waals surface area contributed by atoms with Crippen molar-refractivity contribution in [3.05, 3.63) is 48.5 Å². The van der Waals surface area contributed by atoms with Gasteiger partial charge in [0.2, 0.25) is 5.52 Å². The van der Waals surface area contributed by atoms with Gasteiger partial charge in [-0.25, -0.2) is 0 Å². The zero-order valence-electron chi connectivity index (χ0n) is 10.4. The van der Waals surface area contributed by atoms with Gasteiger partial charge >= 0.3 is 0 Å². The average molecular weight is 256 g/mol. The molecule has 0 bridgehead atoms. The predicted octanol–water partition coefficient (Wildman–Crippen LogP) is 3.40. The lowest BCUT2D eigenvalue weighted by Crippen LogP contribution is -2.28. The number of aromatic nitrogens is 1. The van der Waals surface area contributed by atoms with Crippen LogP contribution >= 0.6 is 11.3 Å². The summed E-state index contributed by atoms with van der Waals surface area (Å²) >= 11 is 1.81. The summed E-state index contributed by atoms with van der Waals surface area (Å²) in [5, 5.41) is 1.26. The van der Waals surface area contributed by atoms with Crippen LogP contribution in [0.1, 0.15) is 0 Å². The molecule has 1 aromatic heterocycles. The van der Waals surface area contributed by atoms with Gasteiger partial charge in [-0.2, -0.15) is 4.57 Å². The first-order chi connectivity index (χ1) is 8.79. The van der Waals surface area contributed by atoms with Crippen LogP contribution in [0.4, 0.5) is 0 Å². The Labute approximate surface area is 110 Å². The fraction of sp³-hybridized carbons (Fsp3) is 0.133. The summed E-state index contributed by atoms with van der Waals surface area (Å²) in [6, 6.07) is 16.7. The van der Waals surface area contributed by atoms with Gasteiger partial charge in [-0.15, -0.1) is 0 Å². The molecule has 0 saturated heterocycles. The number of ether oxygens (including phenoxy) is 1. The van der Waals surface area contributed by atoms with Crippen molar-refractivity contribution >= 4 is 21.6 Å². The monoisotopic (exact) mass is 256 g/mol. The zero-order valence-corrected chi connectivity index (χ0v) is 11.2. The van der Waals surface area contributed by atoms with Crippen LogP contribution in [-0.2, 0) is 7.05 Å². The van der Waals surface area contributed by atoms with E-state index in [-0.39, 0.29) is 0 Å². The van der Waals surface area contributed by atoms with Gasteiger partial charge in [0.15, 0.2) is 0 Å². The number of nitrogens with zero attached hydrogens (tertiary/aromatic N) is 1. The van der Waals surface area contributed by atoms with Crippen LogP contribution in [0.2, 0.25) is 0 Å². The molecule has 0 unspecified atom stereocenters. The second-order valence-electron chi connectivity index (χ2n) is 4.16. The molecule has 0 aliphatic carbocycles. The van der Waals surface area contributed by atoms with Crippen molar-refractivity contribution in [1.29, 1.82) is 0 Å². The van der Waals surface area contributed by atoms with E-state index in [9.17, 15) is 0 Å². The lowest BCUT2D eigenvalue weighted by Gasteiger charge is -1.99. The van der Waals surface area contributed by atoms with Crippen LogP contribution in [0.5, 0.6) is 5.75 Å². The van der Waals surface area contributed by atoms with E-state index in [1.54, 1.807) is 7.11 Å². The van der Waals surface area contributed by atoms with E-state index >= 15 is 0 Å². The number of hydrogen-bond acceptors (Lipinski definition) is 2. The van der Waals surface area contributed by atoms with Crippen LogP contribution in [0, 0.1) is 0 Å². The van der Waals surface area contributed by atoms with E-state index in [0.717, 1.165) is 5.75 Å². The number of rotatable bonds is 2. The number of thiazole rings is 1. The fourth-order valence-corrected chi connectivity index (χ4v) is 3.24. The van der Waals surface area contributed by atoms with Gasteiger partial charge in [0.25, 0.3) is 5.01 Å². The third kappa shape index (κ3) is 1.77. The maximum absolute atomic E-state index is 5.19. The van der Waals surface area contributed by atoms with Gasteiger partial charge in [-0.3, -0.25) is 0 Å². The number of fused-ring (bicyclic) bond motifs is 1. The molecule has 90 valence electrons. The largest absolute Gasteiger partial charge is 0.497 e. The molecule has 0 aliphatic rings. The Morgan fingerprint density at radius 3 is 2.39 bits per heavy atom. The molecule has 0 saturated carbocycles.